The number of benzene rings is 2. The van der Waals surface area contributed by atoms with Crippen LogP contribution in [-0.4, -0.2) is 6.41 Å². The quantitative estimate of drug-likeness (QED) is 0.750. The number of anilines is 2. The molecule has 0 spiro atoms. The largest absolute Gasteiger partial charge is 0.284 e. The minimum atomic E-state index is 0.612. The van der Waals surface area contributed by atoms with Crippen LogP contribution in [0.15, 0.2) is 48.5 Å². The van der Waals surface area contributed by atoms with Gasteiger partial charge >= 0.3 is 0 Å². The highest BCUT2D eigenvalue weighted by molar-refractivity contribution is 6.30. The van der Waals surface area contributed by atoms with E-state index in [4.69, 9.17) is 11.6 Å². The van der Waals surface area contributed by atoms with E-state index in [0.717, 1.165) is 23.3 Å². The van der Waals surface area contributed by atoms with E-state index in [0.29, 0.717) is 5.02 Å². The second-order valence-corrected chi connectivity index (χ2v) is 4.23. The highest BCUT2D eigenvalue weighted by Crippen LogP contribution is 2.26. The van der Waals surface area contributed by atoms with Crippen molar-refractivity contribution in [3.63, 3.8) is 0 Å². The lowest BCUT2D eigenvalue weighted by Crippen LogP contribution is -2.13. The number of carbonyl (C=O) groups excluding carboxylic acids is 1. The Bertz CT molecular complexity index is 522. The van der Waals surface area contributed by atoms with Gasteiger partial charge in [-0.2, -0.15) is 0 Å². The van der Waals surface area contributed by atoms with Crippen molar-refractivity contribution in [1.29, 1.82) is 0 Å². The zero-order valence-corrected chi connectivity index (χ0v) is 10.2. The van der Waals surface area contributed by atoms with Crippen LogP contribution in [-0.2, 0) is 4.79 Å². The lowest BCUT2D eigenvalue weighted by molar-refractivity contribution is -0.106. The molecule has 2 nitrogen and oxygen atoms in total. The zero-order chi connectivity index (χ0) is 12.3. The Balaban J connectivity index is 2.40. The first-order valence-electron chi connectivity index (χ1n) is 5.27. The monoisotopic (exact) mass is 245 g/mol. The molecular weight excluding hydrogens is 234 g/mol. The second-order valence-electron chi connectivity index (χ2n) is 3.79. The maximum absolute atomic E-state index is 11.2. The van der Waals surface area contributed by atoms with Crippen LogP contribution in [0.2, 0.25) is 5.02 Å². The fraction of sp³-hybridized carbons (Fsp3) is 0.0714. The summed E-state index contributed by atoms with van der Waals surface area (Å²) in [6.45, 7) is 2.01. The molecule has 2 aromatic rings. The van der Waals surface area contributed by atoms with E-state index in [1.165, 1.54) is 0 Å². The lowest BCUT2D eigenvalue weighted by atomic mass is 10.2. The average Bonchev–Trinajstić information content (AvgIpc) is 2.33. The Morgan fingerprint density at radius 3 is 2.35 bits per heavy atom. The van der Waals surface area contributed by atoms with Gasteiger partial charge in [-0.15, -0.1) is 0 Å². The van der Waals surface area contributed by atoms with Gasteiger partial charge in [0, 0.05) is 10.7 Å². The Hall–Kier alpha value is -1.80. The van der Waals surface area contributed by atoms with Crippen LogP contribution < -0.4 is 4.90 Å². The Morgan fingerprint density at radius 2 is 1.76 bits per heavy atom. The molecule has 0 fully saturated rings. The van der Waals surface area contributed by atoms with E-state index >= 15 is 0 Å². The van der Waals surface area contributed by atoms with Gasteiger partial charge in [0.1, 0.15) is 0 Å². The number of hydrogen-bond acceptors (Lipinski definition) is 1. The van der Waals surface area contributed by atoms with Gasteiger partial charge < -0.3 is 0 Å². The molecule has 0 saturated heterocycles. The first-order valence-corrected chi connectivity index (χ1v) is 5.65. The van der Waals surface area contributed by atoms with Crippen molar-refractivity contribution in [2.75, 3.05) is 4.90 Å². The van der Waals surface area contributed by atoms with Crippen LogP contribution in [0.25, 0.3) is 0 Å². The summed E-state index contributed by atoms with van der Waals surface area (Å²) in [4.78, 5) is 12.7. The highest BCUT2D eigenvalue weighted by Gasteiger charge is 2.07. The predicted molar refractivity (Wildman–Crippen MR) is 70.8 cm³/mol. The number of rotatable bonds is 3. The van der Waals surface area contributed by atoms with Crippen molar-refractivity contribution in [1.82, 2.24) is 0 Å². The second kappa shape index (κ2) is 5.02. The maximum Gasteiger partial charge on any atom is 0.218 e. The summed E-state index contributed by atoms with van der Waals surface area (Å²) in [5, 5.41) is 0.612. The third-order valence-electron chi connectivity index (χ3n) is 2.50. The first-order chi connectivity index (χ1) is 8.20. The van der Waals surface area contributed by atoms with Crippen LogP contribution in [0.1, 0.15) is 5.56 Å². The van der Waals surface area contributed by atoms with E-state index in [2.05, 4.69) is 0 Å². The molecule has 0 saturated carbocycles. The van der Waals surface area contributed by atoms with Crippen LogP contribution >= 0.6 is 11.6 Å². The SMILES string of the molecule is Cc1ccc(N(C=O)c2cccc(Cl)c2)cc1. The van der Waals surface area contributed by atoms with Crippen molar-refractivity contribution < 1.29 is 4.79 Å². The van der Waals surface area contributed by atoms with Gasteiger partial charge in [-0.3, -0.25) is 9.69 Å². The highest BCUT2D eigenvalue weighted by atomic mass is 35.5. The minimum Gasteiger partial charge on any atom is -0.284 e. The van der Waals surface area contributed by atoms with Crippen LogP contribution in [0.3, 0.4) is 0 Å². The molecule has 0 aromatic heterocycles. The molecule has 0 aliphatic carbocycles. The molecule has 0 heterocycles. The Kier molecular flexibility index (Phi) is 3.45. The predicted octanol–water partition coefficient (Wildman–Crippen LogP) is 3.94. The lowest BCUT2D eigenvalue weighted by Gasteiger charge is -2.17. The Labute approximate surface area is 105 Å². The molecule has 86 valence electrons. The van der Waals surface area contributed by atoms with E-state index in [1.54, 1.807) is 17.0 Å². The fourth-order valence-electron chi connectivity index (χ4n) is 1.60. The normalized spacial score (nSPS) is 10.0. The number of halogens is 1. The molecule has 0 aliphatic heterocycles. The molecule has 3 heteroatoms. The van der Waals surface area contributed by atoms with Gasteiger partial charge in [-0.05, 0) is 37.3 Å². The molecule has 0 bridgehead atoms. The number of hydrogen-bond donors (Lipinski definition) is 0. The third-order valence-corrected chi connectivity index (χ3v) is 2.74. The number of nitrogens with zero attached hydrogens (tertiary/aromatic N) is 1. The van der Waals surface area contributed by atoms with Crippen molar-refractivity contribution in [2.24, 2.45) is 0 Å². The molecule has 0 radical (unpaired) electrons. The summed E-state index contributed by atoms with van der Waals surface area (Å²) >= 11 is 5.92. The third kappa shape index (κ3) is 2.66. The molecule has 0 unspecified atom stereocenters. The van der Waals surface area contributed by atoms with E-state index in [-0.39, 0.29) is 0 Å². The summed E-state index contributed by atoms with van der Waals surface area (Å²) < 4.78 is 0. The zero-order valence-electron chi connectivity index (χ0n) is 9.43. The molecule has 17 heavy (non-hydrogen) atoms. The van der Waals surface area contributed by atoms with Crippen LogP contribution in [0.5, 0.6) is 0 Å². The first kappa shape index (κ1) is 11.7. The van der Waals surface area contributed by atoms with Gasteiger partial charge in [-0.1, -0.05) is 35.4 Å². The molecule has 0 aliphatic rings. The fourth-order valence-corrected chi connectivity index (χ4v) is 1.79. The van der Waals surface area contributed by atoms with Gasteiger partial charge in [-0.25, -0.2) is 0 Å². The number of carbonyl (C=O) groups is 1. The van der Waals surface area contributed by atoms with Gasteiger partial charge in [0.2, 0.25) is 6.41 Å². The summed E-state index contributed by atoms with van der Waals surface area (Å²) in [5.74, 6) is 0. The Morgan fingerprint density at radius 1 is 1.06 bits per heavy atom. The minimum absolute atomic E-state index is 0.612. The van der Waals surface area contributed by atoms with Crippen molar-refractivity contribution in [3.8, 4) is 0 Å². The summed E-state index contributed by atoms with van der Waals surface area (Å²) in [6.07, 6.45) is 0.788. The van der Waals surface area contributed by atoms with Gasteiger partial charge in [0.15, 0.2) is 0 Å². The molecule has 1 amide bonds. The molecule has 0 N–H and O–H groups in total. The van der Waals surface area contributed by atoms with Gasteiger partial charge in [0.05, 0.1) is 5.69 Å². The van der Waals surface area contributed by atoms with Crippen molar-refractivity contribution >= 4 is 29.4 Å². The van der Waals surface area contributed by atoms with Crippen LogP contribution in [0, 0.1) is 6.92 Å². The van der Waals surface area contributed by atoms with E-state index in [1.807, 2.05) is 43.3 Å². The smallest absolute Gasteiger partial charge is 0.218 e. The van der Waals surface area contributed by atoms with Crippen molar-refractivity contribution in [2.45, 2.75) is 6.92 Å². The summed E-state index contributed by atoms with van der Waals surface area (Å²) in [6, 6.07) is 15.0. The van der Waals surface area contributed by atoms with Crippen LogP contribution in [0.4, 0.5) is 11.4 Å². The molecule has 2 rings (SSSR count). The van der Waals surface area contributed by atoms with Gasteiger partial charge in [0.25, 0.3) is 0 Å². The molecule has 0 atom stereocenters. The van der Waals surface area contributed by atoms with E-state index in [9.17, 15) is 4.79 Å². The van der Waals surface area contributed by atoms with E-state index < -0.39 is 0 Å². The maximum atomic E-state index is 11.2. The average molecular weight is 246 g/mol. The summed E-state index contributed by atoms with van der Waals surface area (Å²) in [7, 11) is 0. The molecule has 2 aromatic carbocycles. The topological polar surface area (TPSA) is 20.3 Å². The van der Waals surface area contributed by atoms with Crippen molar-refractivity contribution in [3.05, 3.63) is 59.1 Å². The molecular formula is C14H12ClNO. The standard InChI is InChI=1S/C14H12ClNO/c1-11-5-7-13(8-6-11)16(10-17)14-4-2-3-12(15)9-14/h2-10H,1H3. The number of amides is 1. The summed E-state index contributed by atoms with van der Waals surface area (Å²) in [5.41, 5.74) is 2.75. The number of aryl methyl sites for hydroxylation is 1.